The minimum absolute atomic E-state index is 0.00741. The Morgan fingerprint density at radius 1 is 1.21 bits per heavy atom. The SMILES string of the molecule is O=c1[nH]c(=S)[nH]c2c(F)cc(F)cc12. The fourth-order valence-corrected chi connectivity index (χ4v) is 1.39. The molecule has 0 aliphatic rings. The second-order valence-corrected chi connectivity index (χ2v) is 3.13. The third kappa shape index (κ3) is 1.33. The lowest BCUT2D eigenvalue weighted by atomic mass is 10.2. The van der Waals surface area contributed by atoms with E-state index in [1.54, 1.807) is 0 Å². The van der Waals surface area contributed by atoms with Crippen molar-refractivity contribution in [2.45, 2.75) is 0 Å². The van der Waals surface area contributed by atoms with Gasteiger partial charge in [0.1, 0.15) is 11.6 Å². The highest BCUT2D eigenvalue weighted by atomic mass is 32.1. The van der Waals surface area contributed by atoms with Gasteiger partial charge in [-0.2, -0.15) is 0 Å². The van der Waals surface area contributed by atoms with Crippen LogP contribution in [-0.4, -0.2) is 9.97 Å². The molecule has 0 bridgehead atoms. The molecule has 3 nitrogen and oxygen atoms in total. The van der Waals surface area contributed by atoms with Crippen molar-refractivity contribution in [1.29, 1.82) is 0 Å². The zero-order valence-electron chi connectivity index (χ0n) is 6.73. The smallest absolute Gasteiger partial charge is 0.259 e. The van der Waals surface area contributed by atoms with Gasteiger partial charge in [0.25, 0.3) is 5.56 Å². The summed E-state index contributed by atoms with van der Waals surface area (Å²) in [6.07, 6.45) is 0. The third-order valence-corrected chi connectivity index (χ3v) is 1.97. The monoisotopic (exact) mass is 214 g/mol. The average Bonchev–Trinajstić information content (AvgIpc) is 2.07. The highest BCUT2D eigenvalue weighted by molar-refractivity contribution is 7.71. The van der Waals surface area contributed by atoms with Crippen LogP contribution in [0.25, 0.3) is 10.9 Å². The summed E-state index contributed by atoms with van der Waals surface area (Å²) >= 11 is 4.65. The normalized spacial score (nSPS) is 10.7. The van der Waals surface area contributed by atoms with Gasteiger partial charge in [0.15, 0.2) is 4.77 Å². The van der Waals surface area contributed by atoms with Gasteiger partial charge in [-0.05, 0) is 18.3 Å². The Kier molecular flexibility index (Phi) is 1.92. The van der Waals surface area contributed by atoms with Crippen LogP contribution in [0.2, 0.25) is 0 Å². The van der Waals surface area contributed by atoms with Gasteiger partial charge in [0.2, 0.25) is 0 Å². The maximum absolute atomic E-state index is 13.1. The van der Waals surface area contributed by atoms with E-state index in [0.717, 1.165) is 6.07 Å². The number of H-pyrrole nitrogens is 2. The molecule has 1 aromatic heterocycles. The summed E-state index contributed by atoms with van der Waals surface area (Å²) < 4.78 is 25.9. The Morgan fingerprint density at radius 2 is 1.93 bits per heavy atom. The molecule has 2 aromatic rings. The van der Waals surface area contributed by atoms with Crippen molar-refractivity contribution in [2.24, 2.45) is 0 Å². The summed E-state index contributed by atoms with van der Waals surface area (Å²) in [7, 11) is 0. The minimum Gasteiger partial charge on any atom is -0.329 e. The molecule has 0 saturated carbocycles. The molecule has 0 fully saturated rings. The molecule has 2 rings (SSSR count). The molecule has 72 valence electrons. The number of halogens is 2. The Bertz CT molecular complexity index is 617. The van der Waals surface area contributed by atoms with Crippen molar-refractivity contribution in [2.75, 3.05) is 0 Å². The van der Waals surface area contributed by atoms with Crippen LogP contribution in [0.3, 0.4) is 0 Å². The first-order valence-corrected chi connectivity index (χ1v) is 4.10. The molecule has 0 radical (unpaired) electrons. The average molecular weight is 214 g/mol. The zero-order chi connectivity index (χ0) is 10.3. The fourth-order valence-electron chi connectivity index (χ4n) is 1.19. The molecule has 0 atom stereocenters. The number of fused-ring (bicyclic) bond motifs is 1. The van der Waals surface area contributed by atoms with Gasteiger partial charge >= 0.3 is 0 Å². The number of benzene rings is 1. The first-order valence-electron chi connectivity index (χ1n) is 3.69. The van der Waals surface area contributed by atoms with Crippen molar-refractivity contribution >= 4 is 23.1 Å². The third-order valence-electron chi connectivity index (χ3n) is 1.77. The summed E-state index contributed by atoms with van der Waals surface area (Å²) in [6.45, 7) is 0. The standard InChI is InChI=1S/C8H4F2N2OS/c9-3-1-4-6(5(10)2-3)11-8(14)12-7(4)13/h1-2H,(H2,11,12,13,14). The molecule has 0 saturated heterocycles. The van der Waals surface area contributed by atoms with Crippen LogP contribution in [0, 0.1) is 16.4 Å². The van der Waals surface area contributed by atoms with Gasteiger partial charge in [-0.15, -0.1) is 0 Å². The first kappa shape index (κ1) is 9.01. The van der Waals surface area contributed by atoms with Crippen LogP contribution in [-0.2, 0) is 0 Å². The van der Waals surface area contributed by atoms with E-state index in [1.165, 1.54) is 0 Å². The van der Waals surface area contributed by atoms with Crippen LogP contribution >= 0.6 is 12.2 Å². The predicted octanol–water partition coefficient (Wildman–Crippen LogP) is 1.86. The predicted molar refractivity (Wildman–Crippen MR) is 49.7 cm³/mol. The molecule has 0 amide bonds. The second-order valence-electron chi connectivity index (χ2n) is 2.72. The molecule has 0 unspecified atom stereocenters. The highest BCUT2D eigenvalue weighted by Gasteiger charge is 2.06. The lowest BCUT2D eigenvalue weighted by Gasteiger charge is -1.98. The molecule has 6 heteroatoms. The quantitative estimate of drug-likeness (QED) is 0.657. The number of aromatic nitrogens is 2. The summed E-state index contributed by atoms with van der Waals surface area (Å²) in [4.78, 5) is 15.9. The molecule has 2 N–H and O–H groups in total. The largest absolute Gasteiger partial charge is 0.329 e. The molecule has 14 heavy (non-hydrogen) atoms. The zero-order valence-corrected chi connectivity index (χ0v) is 7.54. The minimum atomic E-state index is -0.836. The van der Waals surface area contributed by atoms with Gasteiger partial charge in [-0.25, -0.2) is 8.78 Å². The van der Waals surface area contributed by atoms with Gasteiger partial charge in [0.05, 0.1) is 10.9 Å². The highest BCUT2D eigenvalue weighted by Crippen LogP contribution is 2.13. The van der Waals surface area contributed by atoms with E-state index in [9.17, 15) is 13.6 Å². The van der Waals surface area contributed by atoms with Gasteiger partial charge in [-0.3, -0.25) is 9.78 Å². The molecule has 1 aromatic carbocycles. The Hall–Kier alpha value is -1.56. The molecular weight excluding hydrogens is 210 g/mol. The summed E-state index contributed by atoms with van der Waals surface area (Å²) in [5.41, 5.74) is -0.692. The van der Waals surface area contributed by atoms with E-state index in [4.69, 9.17) is 0 Å². The van der Waals surface area contributed by atoms with E-state index >= 15 is 0 Å². The second kappa shape index (κ2) is 2.98. The lowest BCUT2D eigenvalue weighted by molar-refractivity contribution is 0.590. The van der Waals surface area contributed by atoms with Crippen molar-refractivity contribution in [3.63, 3.8) is 0 Å². The molecule has 0 aliphatic carbocycles. The topological polar surface area (TPSA) is 48.6 Å². The molecular formula is C8H4F2N2OS. The Labute approximate surface area is 81.4 Å². The van der Waals surface area contributed by atoms with Gasteiger partial charge in [0, 0.05) is 6.07 Å². The number of hydrogen-bond acceptors (Lipinski definition) is 2. The van der Waals surface area contributed by atoms with Crippen molar-refractivity contribution in [3.8, 4) is 0 Å². The number of hydrogen-bond donors (Lipinski definition) is 2. The van der Waals surface area contributed by atoms with Crippen LogP contribution in [0.15, 0.2) is 16.9 Å². The molecule has 0 aliphatic heterocycles. The lowest BCUT2D eigenvalue weighted by Crippen LogP contribution is -2.09. The first-order chi connectivity index (χ1) is 6.58. The van der Waals surface area contributed by atoms with Crippen LogP contribution in [0.5, 0.6) is 0 Å². The van der Waals surface area contributed by atoms with E-state index in [0.29, 0.717) is 6.07 Å². The van der Waals surface area contributed by atoms with Gasteiger partial charge in [-0.1, -0.05) is 0 Å². The fraction of sp³-hybridized carbons (Fsp3) is 0. The van der Waals surface area contributed by atoms with E-state index in [2.05, 4.69) is 22.2 Å². The van der Waals surface area contributed by atoms with E-state index < -0.39 is 17.2 Å². The van der Waals surface area contributed by atoms with Crippen molar-refractivity contribution in [1.82, 2.24) is 9.97 Å². The summed E-state index contributed by atoms with van der Waals surface area (Å²) in [5, 5.41) is -0.0869. The maximum atomic E-state index is 13.1. The number of aromatic amines is 2. The van der Waals surface area contributed by atoms with Crippen molar-refractivity contribution < 1.29 is 8.78 Å². The number of rotatable bonds is 0. The van der Waals surface area contributed by atoms with Crippen LogP contribution < -0.4 is 5.56 Å². The number of nitrogens with one attached hydrogen (secondary N) is 2. The molecule has 1 heterocycles. The Balaban J connectivity index is 3.10. The van der Waals surface area contributed by atoms with E-state index in [1.807, 2.05) is 0 Å². The molecule has 0 spiro atoms. The van der Waals surface area contributed by atoms with Gasteiger partial charge < -0.3 is 4.98 Å². The summed E-state index contributed by atoms with van der Waals surface area (Å²) in [5.74, 6) is -1.64. The van der Waals surface area contributed by atoms with Crippen LogP contribution in [0.1, 0.15) is 0 Å². The van der Waals surface area contributed by atoms with Crippen molar-refractivity contribution in [3.05, 3.63) is 38.9 Å². The summed E-state index contributed by atoms with van der Waals surface area (Å²) in [6, 6.07) is 1.63. The van der Waals surface area contributed by atoms with E-state index in [-0.39, 0.29) is 15.7 Å². The maximum Gasteiger partial charge on any atom is 0.259 e. The van der Waals surface area contributed by atoms with Crippen LogP contribution in [0.4, 0.5) is 8.78 Å². The Morgan fingerprint density at radius 3 is 2.64 bits per heavy atom.